The fraction of sp³-hybridized carbons (Fsp3) is 0.250. The first-order chi connectivity index (χ1) is 15.5. The minimum Gasteiger partial charge on any atom is -0.457 e. The topological polar surface area (TPSA) is 88.6 Å². The Morgan fingerprint density at radius 1 is 0.969 bits per heavy atom. The molecule has 1 aliphatic rings. The lowest BCUT2D eigenvalue weighted by Gasteiger charge is -2.30. The number of pyridine rings is 1. The second-order valence-electron chi connectivity index (χ2n) is 7.64. The van der Waals surface area contributed by atoms with Crippen LogP contribution < -0.4 is 10.1 Å². The van der Waals surface area contributed by atoms with Gasteiger partial charge < -0.3 is 10.1 Å². The van der Waals surface area contributed by atoms with E-state index in [-0.39, 0.29) is 16.7 Å². The molecule has 0 spiro atoms. The molecule has 0 saturated carbocycles. The first kappa shape index (κ1) is 22.0. The van der Waals surface area contributed by atoms with Crippen LogP contribution in [-0.2, 0) is 21.4 Å². The number of carbonyl (C=O) groups excluding carboxylic acids is 1. The van der Waals surface area contributed by atoms with Crippen molar-refractivity contribution in [3.05, 3.63) is 84.7 Å². The van der Waals surface area contributed by atoms with E-state index in [2.05, 4.69) is 10.3 Å². The zero-order chi connectivity index (χ0) is 22.4. The third kappa shape index (κ3) is 5.33. The first-order valence-corrected chi connectivity index (χ1v) is 12.0. The Hall–Kier alpha value is -3.23. The molecule has 1 amide bonds. The van der Waals surface area contributed by atoms with E-state index in [0.29, 0.717) is 44.0 Å². The average molecular weight is 452 g/mol. The van der Waals surface area contributed by atoms with Crippen molar-refractivity contribution in [2.75, 3.05) is 13.1 Å². The van der Waals surface area contributed by atoms with E-state index < -0.39 is 10.0 Å². The van der Waals surface area contributed by atoms with Crippen LogP contribution in [0.5, 0.6) is 11.5 Å². The van der Waals surface area contributed by atoms with Crippen LogP contribution in [-0.4, -0.2) is 36.7 Å². The summed E-state index contributed by atoms with van der Waals surface area (Å²) in [5, 5.41) is 2.92. The summed E-state index contributed by atoms with van der Waals surface area (Å²) >= 11 is 0. The molecular formula is C24H25N3O4S. The number of para-hydroxylation sites is 1. The molecule has 0 radical (unpaired) electrons. The van der Waals surface area contributed by atoms with E-state index in [1.807, 2.05) is 42.5 Å². The normalized spacial score (nSPS) is 15.2. The Labute approximate surface area is 188 Å². The lowest BCUT2D eigenvalue weighted by Crippen LogP contribution is -2.42. The van der Waals surface area contributed by atoms with E-state index >= 15 is 0 Å². The van der Waals surface area contributed by atoms with Crippen molar-refractivity contribution in [2.24, 2.45) is 5.92 Å². The van der Waals surface area contributed by atoms with Crippen LogP contribution in [0.1, 0.15) is 18.4 Å². The summed E-state index contributed by atoms with van der Waals surface area (Å²) in [5.74, 6) is 1.01. The van der Waals surface area contributed by atoms with Crippen LogP contribution in [0, 0.1) is 5.92 Å². The standard InChI is InChI=1S/C24H25N3O4S/c28-24(26-18-19-5-4-14-25-17-19)20-12-15-27(16-13-20)32(29,30)23-10-8-22(9-11-23)31-21-6-2-1-3-7-21/h1-11,14,17,20H,12-13,15-16,18H2,(H,26,28). The molecule has 1 saturated heterocycles. The molecular weight excluding hydrogens is 426 g/mol. The first-order valence-electron chi connectivity index (χ1n) is 10.5. The third-order valence-electron chi connectivity index (χ3n) is 5.45. The summed E-state index contributed by atoms with van der Waals surface area (Å²) in [7, 11) is -3.62. The van der Waals surface area contributed by atoms with Crippen molar-refractivity contribution in [3.8, 4) is 11.5 Å². The Morgan fingerprint density at radius 2 is 1.66 bits per heavy atom. The second-order valence-corrected chi connectivity index (χ2v) is 9.58. The number of nitrogens with zero attached hydrogens (tertiary/aromatic N) is 2. The molecule has 2 aromatic carbocycles. The molecule has 2 heterocycles. The van der Waals surface area contributed by atoms with Crippen LogP contribution in [0.4, 0.5) is 0 Å². The maximum Gasteiger partial charge on any atom is 0.243 e. The minimum absolute atomic E-state index is 0.0479. The van der Waals surface area contributed by atoms with Crippen LogP contribution in [0.25, 0.3) is 0 Å². The number of carbonyl (C=O) groups is 1. The van der Waals surface area contributed by atoms with Gasteiger partial charge in [0.1, 0.15) is 11.5 Å². The summed E-state index contributed by atoms with van der Waals surface area (Å²) in [6.45, 7) is 1.05. The monoisotopic (exact) mass is 451 g/mol. The van der Waals surface area contributed by atoms with E-state index in [4.69, 9.17) is 4.74 Å². The van der Waals surface area contributed by atoms with E-state index in [9.17, 15) is 13.2 Å². The fourth-order valence-corrected chi connectivity index (χ4v) is 5.12. The summed E-state index contributed by atoms with van der Waals surface area (Å²) in [6.07, 6.45) is 4.39. The van der Waals surface area contributed by atoms with Crippen molar-refractivity contribution in [2.45, 2.75) is 24.3 Å². The van der Waals surface area contributed by atoms with Gasteiger partial charge in [-0.3, -0.25) is 9.78 Å². The second kappa shape index (κ2) is 9.93. The number of hydrogen-bond acceptors (Lipinski definition) is 5. The number of ether oxygens (including phenoxy) is 1. The molecule has 166 valence electrons. The van der Waals surface area contributed by atoms with Gasteiger partial charge in [0, 0.05) is 37.9 Å². The van der Waals surface area contributed by atoms with E-state index in [1.165, 1.54) is 4.31 Å². The van der Waals surface area contributed by atoms with Crippen molar-refractivity contribution >= 4 is 15.9 Å². The van der Waals surface area contributed by atoms with Crippen LogP contribution in [0.3, 0.4) is 0 Å². The molecule has 7 nitrogen and oxygen atoms in total. The number of rotatable bonds is 7. The van der Waals surface area contributed by atoms with Gasteiger partial charge in [0.15, 0.2) is 0 Å². The number of hydrogen-bond donors (Lipinski definition) is 1. The fourth-order valence-electron chi connectivity index (χ4n) is 3.65. The molecule has 1 aromatic heterocycles. The Kier molecular flexibility index (Phi) is 6.82. The lowest BCUT2D eigenvalue weighted by molar-refractivity contribution is -0.126. The van der Waals surface area contributed by atoms with Gasteiger partial charge in [0.25, 0.3) is 0 Å². The molecule has 3 aromatic rings. The van der Waals surface area contributed by atoms with Crippen molar-refractivity contribution in [1.82, 2.24) is 14.6 Å². The lowest BCUT2D eigenvalue weighted by atomic mass is 9.97. The Balaban J connectivity index is 1.31. The summed E-state index contributed by atoms with van der Waals surface area (Å²) in [4.78, 5) is 16.7. The highest BCUT2D eigenvalue weighted by Crippen LogP contribution is 2.27. The van der Waals surface area contributed by atoms with Gasteiger partial charge >= 0.3 is 0 Å². The van der Waals surface area contributed by atoms with Crippen LogP contribution in [0.2, 0.25) is 0 Å². The predicted octanol–water partition coefficient (Wildman–Crippen LogP) is 3.59. The summed E-state index contributed by atoms with van der Waals surface area (Å²) in [6, 6.07) is 19.5. The number of benzene rings is 2. The van der Waals surface area contributed by atoms with Gasteiger partial charge in [-0.15, -0.1) is 0 Å². The number of nitrogens with one attached hydrogen (secondary N) is 1. The zero-order valence-electron chi connectivity index (χ0n) is 17.6. The molecule has 4 rings (SSSR count). The smallest absolute Gasteiger partial charge is 0.243 e. The minimum atomic E-state index is -3.62. The Morgan fingerprint density at radius 3 is 2.31 bits per heavy atom. The van der Waals surface area contributed by atoms with Crippen molar-refractivity contribution < 1.29 is 17.9 Å². The largest absolute Gasteiger partial charge is 0.457 e. The Bertz CT molecular complexity index is 1130. The van der Waals surface area contributed by atoms with Gasteiger partial charge in [0.05, 0.1) is 4.90 Å². The van der Waals surface area contributed by atoms with Gasteiger partial charge in [0.2, 0.25) is 15.9 Å². The van der Waals surface area contributed by atoms with E-state index in [1.54, 1.807) is 36.7 Å². The van der Waals surface area contributed by atoms with Crippen molar-refractivity contribution in [3.63, 3.8) is 0 Å². The molecule has 0 aliphatic carbocycles. The maximum absolute atomic E-state index is 13.0. The molecule has 32 heavy (non-hydrogen) atoms. The zero-order valence-corrected chi connectivity index (χ0v) is 18.4. The quantitative estimate of drug-likeness (QED) is 0.593. The number of sulfonamides is 1. The molecule has 1 aliphatic heterocycles. The molecule has 1 N–H and O–H groups in total. The SMILES string of the molecule is O=C(NCc1cccnc1)C1CCN(S(=O)(=O)c2ccc(Oc3ccccc3)cc2)CC1. The number of aromatic nitrogens is 1. The van der Waals surface area contributed by atoms with Gasteiger partial charge in [-0.2, -0.15) is 4.31 Å². The van der Waals surface area contributed by atoms with Crippen LogP contribution in [0.15, 0.2) is 84.0 Å². The van der Waals surface area contributed by atoms with Gasteiger partial charge in [-0.05, 0) is 60.9 Å². The summed E-state index contributed by atoms with van der Waals surface area (Å²) < 4.78 is 33.2. The highest BCUT2D eigenvalue weighted by atomic mass is 32.2. The maximum atomic E-state index is 13.0. The highest BCUT2D eigenvalue weighted by molar-refractivity contribution is 7.89. The highest BCUT2D eigenvalue weighted by Gasteiger charge is 2.32. The average Bonchev–Trinajstić information content (AvgIpc) is 2.84. The summed E-state index contributed by atoms with van der Waals surface area (Å²) in [5.41, 5.74) is 0.931. The van der Waals surface area contributed by atoms with Gasteiger partial charge in [-0.1, -0.05) is 24.3 Å². The molecule has 8 heteroatoms. The van der Waals surface area contributed by atoms with Gasteiger partial charge in [-0.25, -0.2) is 8.42 Å². The third-order valence-corrected chi connectivity index (χ3v) is 7.37. The number of piperidine rings is 1. The molecule has 1 fully saturated rings. The predicted molar refractivity (Wildman–Crippen MR) is 121 cm³/mol. The molecule has 0 bridgehead atoms. The van der Waals surface area contributed by atoms with E-state index in [0.717, 1.165) is 5.56 Å². The molecule has 0 unspecified atom stereocenters. The molecule has 0 atom stereocenters. The van der Waals surface area contributed by atoms with Crippen molar-refractivity contribution in [1.29, 1.82) is 0 Å². The number of amides is 1. The van der Waals surface area contributed by atoms with Crippen LogP contribution >= 0.6 is 0 Å².